The molecule has 0 aliphatic carbocycles. The van der Waals surface area contributed by atoms with Crippen molar-refractivity contribution < 1.29 is 29.0 Å². The van der Waals surface area contributed by atoms with E-state index in [0.29, 0.717) is 18.7 Å². The van der Waals surface area contributed by atoms with Gasteiger partial charge in [-0.25, -0.2) is 0 Å². The maximum Gasteiger partial charge on any atom is 0.313 e. The maximum atomic E-state index is 14.3. The van der Waals surface area contributed by atoms with Crippen LogP contribution >= 0.6 is 0 Å². The van der Waals surface area contributed by atoms with Crippen molar-refractivity contribution in [3.05, 3.63) is 60.2 Å². The molecular formula is C27H32N2O6. The molecule has 2 saturated heterocycles. The standard InChI is InChI=1S/C27H32N2O6/c1-3-4-14-28-15-8-13-27-20(21-25(33)34-16-9-12-26(21,2)35-27)23(31)29(22(27)24(28)32)19(17-30)18-10-6-5-7-11-18/h5-13,19-22,30H,3-4,14-17H2,1-2H3/t19-,20+,21-,22?,26+,27+/m1/s1. The number of benzene rings is 1. The number of hydrogen-bond acceptors (Lipinski definition) is 6. The SMILES string of the molecule is CCCCN1CC=C[C@]23O[C@@]4(C)C=CCOC(=O)[C@H]4[C@H]2C(=O)N([C@H](CO)c2ccccc2)C3C1=O. The van der Waals surface area contributed by atoms with Gasteiger partial charge in [0.25, 0.3) is 0 Å². The van der Waals surface area contributed by atoms with Crippen LogP contribution in [0, 0.1) is 11.8 Å². The second kappa shape index (κ2) is 8.91. The number of rotatable bonds is 6. The van der Waals surface area contributed by atoms with Crippen LogP contribution in [0.15, 0.2) is 54.6 Å². The predicted octanol–water partition coefficient (Wildman–Crippen LogP) is 2.00. The number of likely N-dealkylation sites (tertiary alicyclic amines) is 1. The smallest absolute Gasteiger partial charge is 0.313 e. The van der Waals surface area contributed by atoms with E-state index in [-0.39, 0.29) is 25.0 Å². The van der Waals surface area contributed by atoms with Crippen LogP contribution in [0.5, 0.6) is 0 Å². The van der Waals surface area contributed by atoms with Crippen molar-refractivity contribution in [3.8, 4) is 0 Å². The summed E-state index contributed by atoms with van der Waals surface area (Å²) in [5.41, 5.74) is -1.73. The molecule has 4 heterocycles. The highest BCUT2D eigenvalue weighted by atomic mass is 16.6. The fourth-order valence-electron chi connectivity index (χ4n) is 6.26. The molecule has 1 unspecified atom stereocenters. The van der Waals surface area contributed by atoms with Crippen LogP contribution in [0.1, 0.15) is 38.3 Å². The van der Waals surface area contributed by atoms with Gasteiger partial charge < -0.3 is 24.4 Å². The van der Waals surface area contributed by atoms with Gasteiger partial charge in [-0.15, -0.1) is 0 Å². The Morgan fingerprint density at radius 2 is 1.86 bits per heavy atom. The van der Waals surface area contributed by atoms with Crippen LogP contribution in [-0.4, -0.2) is 76.2 Å². The number of esters is 1. The molecule has 2 amide bonds. The second-order valence-corrected chi connectivity index (χ2v) is 9.92. The lowest BCUT2D eigenvalue weighted by Crippen LogP contribution is -2.57. The molecule has 0 aromatic heterocycles. The lowest BCUT2D eigenvalue weighted by Gasteiger charge is -2.40. The van der Waals surface area contributed by atoms with Gasteiger partial charge in [0.05, 0.1) is 24.2 Å². The van der Waals surface area contributed by atoms with Gasteiger partial charge >= 0.3 is 5.97 Å². The number of amides is 2. The summed E-state index contributed by atoms with van der Waals surface area (Å²) in [7, 11) is 0. The number of fused-ring (bicyclic) bond motifs is 2. The second-order valence-electron chi connectivity index (χ2n) is 9.92. The molecule has 5 rings (SSSR count). The minimum Gasteiger partial charge on any atom is -0.461 e. The molecule has 4 aliphatic heterocycles. The molecule has 4 aliphatic rings. The number of cyclic esters (lactones) is 1. The molecule has 1 spiro atoms. The maximum absolute atomic E-state index is 14.3. The molecule has 1 aromatic carbocycles. The largest absolute Gasteiger partial charge is 0.461 e. The predicted molar refractivity (Wildman–Crippen MR) is 127 cm³/mol. The Labute approximate surface area is 205 Å². The van der Waals surface area contributed by atoms with Gasteiger partial charge in [0.15, 0.2) is 0 Å². The number of aliphatic hydroxyl groups excluding tert-OH is 1. The molecule has 1 N–H and O–H groups in total. The third kappa shape index (κ3) is 3.53. The zero-order chi connectivity index (χ0) is 24.8. The van der Waals surface area contributed by atoms with Crippen LogP contribution in [0.2, 0.25) is 0 Å². The third-order valence-corrected chi connectivity index (χ3v) is 7.81. The molecule has 35 heavy (non-hydrogen) atoms. The van der Waals surface area contributed by atoms with Gasteiger partial charge in [0.2, 0.25) is 11.8 Å². The first-order chi connectivity index (χ1) is 16.9. The Balaban J connectivity index is 1.67. The van der Waals surface area contributed by atoms with Crippen molar-refractivity contribution in [1.29, 1.82) is 0 Å². The van der Waals surface area contributed by atoms with Crippen molar-refractivity contribution >= 4 is 17.8 Å². The van der Waals surface area contributed by atoms with E-state index in [9.17, 15) is 19.5 Å². The molecule has 8 heteroatoms. The van der Waals surface area contributed by atoms with E-state index in [2.05, 4.69) is 6.92 Å². The summed E-state index contributed by atoms with van der Waals surface area (Å²) >= 11 is 0. The van der Waals surface area contributed by atoms with Gasteiger partial charge in [-0.1, -0.05) is 61.9 Å². The van der Waals surface area contributed by atoms with Crippen LogP contribution < -0.4 is 0 Å². The quantitative estimate of drug-likeness (QED) is 0.494. The molecule has 0 radical (unpaired) electrons. The average Bonchev–Trinajstić information content (AvgIpc) is 3.11. The van der Waals surface area contributed by atoms with Gasteiger partial charge in [0, 0.05) is 13.1 Å². The number of nitrogens with zero attached hydrogens (tertiary/aromatic N) is 2. The van der Waals surface area contributed by atoms with Crippen LogP contribution in [0.25, 0.3) is 0 Å². The number of ether oxygens (including phenoxy) is 2. The Kier molecular flexibility index (Phi) is 6.05. The Morgan fingerprint density at radius 1 is 1.09 bits per heavy atom. The van der Waals surface area contributed by atoms with Crippen molar-refractivity contribution in [2.24, 2.45) is 11.8 Å². The fraction of sp³-hybridized carbons (Fsp3) is 0.519. The van der Waals surface area contributed by atoms with Gasteiger partial charge in [-0.3, -0.25) is 14.4 Å². The van der Waals surface area contributed by atoms with Crippen molar-refractivity contribution in [3.63, 3.8) is 0 Å². The zero-order valence-corrected chi connectivity index (χ0v) is 20.1. The highest BCUT2D eigenvalue weighted by Gasteiger charge is 2.75. The summed E-state index contributed by atoms with van der Waals surface area (Å²) in [6.45, 7) is 4.53. The number of carbonyl (C=O) groups excluding carboxylic acids is 3. The first-order valence-corrected chi connectivity index (χ1v) is 12.4. The van der Waals surface area contributed by atoms with Crippen molar-refractivity contribution in [2.45, 2.75) is 50.0 Å². The summed E-state index contributed by atoms with van der Waals surface area (Å²) in [5.74, 6) is -2.98. The normalized spacial score (nSPS) is 34.7. The molecule has 2 fully saturated rings. The number of unbranched alkanes of at least 4 members (excludes halogenated alkanes) is 1. The molecule has 1 aromatic rings. The van der Waals surface area contributed by atoms with E-state index in [1.165, 1.54) is 4.90 Å². The minimum atomic E-state index is -1.35. The van der Waals surface area contributed by atoms with E-state index < -0.39 is 41.1 Å². The van der Waals surface area contributed by atoms with Crippen LogP contribution in [0.4, 0.5) is 0 Å². The van der Waals surface area contributed by atoms with Crippen molar-refractivity contribution in [2.75, 3.05) is 26.3 Å². The van der Waals surface area contributed by atoms with E-state index >= 15 is 0 Å². The Morgan fingerprint density at radius 3 is 2.57 bits per heavy atom. The first-order valence-electron chi connectivity index (χ1n) is 12.4. The van der Waals surface area contributed by atoms with E-state index in [1.54, 1.807) is 24.0 Å². The molecule has 6 atom stereocenters. The molecule has 8 nitrogen and oxygen atoms in total. The van der Waals surface area contributed by atoms with Crippen LogP contribution in [-0.2, 0) is 23.9 Å². The molecular weight excluding hydrogens is 448 g/mol. The summed E-state index contributed by atoms with van der Waals surface area (Å²) in [4.78, 5) is 44.8. The fourth-order valence-corrected chi connectivity index (χ4v) is 6.26. The zero-order valence-electron chi connectivity index (χ0n) is 20.1. The lowest BCUT2D eigenvalue weighted by molar-refractivity contribution is -0.160. The van der Waals surface area contributed by atoms with Gasteiger partial charge in [0.1, 0.15) is 24.2 Å². The monoisotopic (exact) mass is 480 g/mol. The number of hydrogen-bond donors (Lipinski definition) is 1. The van der Waals surface area contributed by atoms with Gasteiger partial charge in [-0.2, -0.15) is 0 Å². The molecule has 0 bridgehead atoms. The minimum absolute atomic E-state index is 0.109. The lowest BCUT2D eigenvalue weighted by atomic mass is 9.75. The van der Waals surface area contributed by atoms with Crippen molar-refractivity contribution in [1.82, 2.24) is 9.80 Å². The summed E-state index contributed by atoms with van der Waals surface area (Å²) in [5, 5.41) is 10.5. The Hall–Kier alpha value is -2.97. The van der Waals surface area contributed by atoms with E-state index in [1.807, 2.05) is 42.5 Å². The highest BCUT2D eigenvalue weighted by Crippen LogP contribution is 2.58. The number of aliphatic hydroxyl groups is 1. The molecule has 0 saturated carbocycles. The van der Waals surface area contributed by atoms with E-state index in [4.69, 9.17) is 9.47 Å². The third-order valence-electron chi connectivity index (χ3n) is 7.81. The first kappa shape index (κ1) is 23.8. The Bertz CT molecular complexity index is 1070. The summed E-state index contributed by atoms with van der Waals surface area (Å²) in [6, 6.07) is 7.40. The number of carbonyl (C=O) groups is 3. The highest BCUT2D eigenvalue weighted by molar-refractivity contribution is 5.99. The summed E-state index contributed by atoms with van der Waals surface area (Å²) in [6.07, 6.45) is 8.94. The molecule has 186 valence electrons. The average molecular weight is 481 g/mol. The van der Waals surface area contributed by atoms with Crippen LogP contribution in [0.3, 0.4) is 0 Å². The summed E-state index contributed by atoms with van der Waals surface area (Å²) < 4.78 is 12.1. The van der Waals surface area contributed by atoms with Gasteiger partial charge in [-0.05, 0) is 25.0 Å². The topological polar surface area (TPSA) is 96.4 Å². The van der Waals surface area contributed by atoms with E-state index in [0.717, 1.165) is 12.8 Å².